The number of thiazole rings is 1. The molecule has 4 rings (SSSR count). The Kier molecular flexibility index (Phi) is 7.14. The Morgan fingerprint density at radius 3 is 2.14 bits per heavy atom. The highest BCUT2D eigenvalue weighted by atomic mass is 32.2. The average molecular weight is 545 g/mol. The van der Waals surface area contributed by atoms with Gasteiger partial charge in [0.05, 0.1) is 25.7 Å². The van der Waals surface area contributed by atoms with Crippen LogP contribution < -0.4 is 9.62 Å². The molecule has 0 unspecified atom stereocenters. The number of aromatic nitrogens is 1. The second-order valence-corrected chi connectivity index (χ2v) is 13.0. The van der Waals surface area contributed by atoms with Crippen molar-refractivity contribution in [3.05, 3.63) is 78.4 Å². The lowest BCUT2D eigenvalue weighted by Gasteiger charge is -2.22. The Hall–Kier alpha value is -3.32. The summed E-state index contributed by atoms with van der Waals surface area (Å²) in [5.74, 6) is -0.463. The Bertz CT molecular complexity index is 1620. The van der Waals surface area contributed by atoms with Crippen LogP contribution in [0, 0.1) is 0 Å². The van der Waals surface area contributed by atoms with Crippen LogP contribution in [-0.4, -0.2) is 52.7 Å². The molecular formula is C24H24N4O5S3. The number of anilines is 2. The zero-order chi connectivity index (χ0) is 26.1. The number of nitrogens with one attached hydrogen (secondary N) is 1. The third-order valence-electron chi connectivity index (χ3n) is 5.39. The van der Waals surface area contributed by atoms with E-state index in [0.29, 0.717) is 21.0 Å². The van der Waals surface area contributed by atoms with Gasteiger partial charge in [0.25, 0.3) is 15.9 Å². The van der Waals surface area contributed by atoms with E-state index in [1.54, 1.807) is 37.3 Å². The minimum atomic E-state index is -3.81. The third kappa shape index (κ3) is 4.98. The van der Waals surface area contributed by atoms with E-state index in [2.05, 4.69) is 10.3 Å². The number of sulfonamides is 2. The van der Waals surface area contributed by atoms with E-state index in [4.69, 9.17) is 0 Å². The number of rotatable bonds is 8. The fourth-order valence-corrected chi connectivity index (χ4v) is 6.87. The van der Waals surface area contributed by atoms with Gasteiger partial charge in [0.1, 0.15) is 0 Å². The van der Waals surface area contributed by atoms with Crippen molar-refractivity contribution < 1.29 is 21.6 Å². The van der Waals surface area contributed by atoms with Gasteiger partial charge in [-0.2, -0.15) is 0 Å². The highest BCUT2D eigenvalue weighted by Crippen LogP contribution is 2.29. The second-order valence-electron chi connectivity index (χ2n) is 7.92. The van der Waals surface area contributed by atoms with Gasteiger partial charge in [-0.1, -0.05) is 29.5 Å². The van der Waals surface area contributed by atoms with Crippen LogP contribution >= 0.6 is 11.3 Å². The first-order valence-electron chi connectivity index (χ1n) is 10.9. The van der Waals surface area contributed by atoms with Gasteiger partial charge >= 0.3 is 0 Å². The molecule has 36 heavy (non-hydrogen) atoms. The van der Waals surface area contributed by atoms with Crippen LogP contribution in [0.4, 0.5) is 10.8 Å². The van der Waals surface area contributed by atoms with Crippen molar-refractivity contribution in [1.82, 2.24) is 9.29 Å². The van der Waals surface area contributed by atoms with E-state index in [-0.39, 0.29) is 21.9 Å². The molecular weight excluding hydrogens is 520 g/mol. The molecule has 0 fully saturated rings. The summed E-state index contributed by atoms with van der Waals surface area (Å²) in [6, 6.07) is 19.0. The molecule has 0 spiro atoms. The molecule has 3 aromatic carbocycles. The number of nitrogens with zero attached hydrogens (tertiary/aromatic N) is 3. The topological polar surface area (TPSA) is 117 Å². The monoisotopic (exact) mass is 544 g/mol. The van der Waals surface area contributed by atoms with Crippen LogP contribution in [0.1, 0.15) is 17.3 Å². The molecule has 4 aromatic rings. The van der Waals surface area contributed by atoms with E-state index >= 15 is 0 Å². The zero-order valence-electron chi connectivity index (χ0n) is 19.7. The molecule has 1 N–H and O–H groups in total. The maximum Gasteiger partial charge on any atom is 0.264 e. The number of benzene rings is 3. The number of amides is 1. The molecule has 188 valence electrons. The minimum Gasteiger partial charge on any atom is -0.298 e. The molecule has 12 heteroatoms. The molecule has 0 saturated heterocycles. The lowest BCUT2D eigenvalue weighted by molar-refractivity contribution is 0.102. The molecule has 0 aliphatic heterocycles. The van der Waals surface area contributed by atoms with Crippen LogP contribution in [0.15, 0.2) is 82.6 Å². The molecule has 0 saturated carbocycles. The number of carbonyl (C=O) groups excluding carboxylic acids is 1. The van der Waals surface area contributed by atoms with Crippen molar-refractivity contribution in [2.24, 2.45) is 0 Å². The van der Waals surface area contributed by atoms with Gasteiger partial charge in [-0.3, -0.25) is 14.4 Å². The Morgan fingerprint density at radius 2 is 1.53 bits per heavy atom. The number of fused-ring (bicyclic) bond motifs is 1. The molecule has 0 radical (unpaired) electrons. The largest absolute Gasteiger partial charge is 0.298 e. The summed E-state index contributed by atoms with van der Waals surface area (Å²) in [4.78, 5) is 17.3. The molecule has 9 nitrogen and oxygen atoms in total. The molecule has 0 aliphatic rings. The van der Waals surface area contributed by atoms with Crippen molar-refractivity contribution in [2.75, 3.05) is 30.3 Å². The predicted molar refractivity (Wildman–Crippen MR) is 142 cm³/mol. The van der Waals surface area contributed by atoms with E-state index in [1.165, 1.54) is 54.8 Å². The lowest BCUT2D eigenvalue weighted by Crippen LogP contribution is -2.30. The van der Waals surface area contributed by atoms with Crippen LogP contribution in [0.5, 0.6) is 0 Å². The molecule has 1 aromatic heterocycles. The summed E-state index contributed by atoms with van der Waals surface area (Å²) in [6.07, 6.45) is 0. The summed E-state index contributed by atoms with van der Waals surface area (Å²) < 4.78 is 54.1. The summed E-state index contributed by atoms with van der Waals surface area (Å²) in [5.41, 5.74) is 1.36. The highest BCUT2D eigenvalue weighted by molar-refractivity contribution is 7.92. The van der Waals surface area contributed by atoms with E-state index in [1.807, 2.05) is 6.07 Å². The quantitative estimate of drug-likeness (QED) is 0.358. The van der Waals surface area contributed by atoms with E-state index < -0.39 is 26.0 Å². The molecule has 1 amide bonds. The van der Waals surface area contributed by atoms with Crippen molar-refractivity contribution in [1.29, 1.82) is 0 Å². The van der Waals surface area contributed by atoms with Crippen molar-refractivity contribution in [3.63, 3.8) is 0 Å². The molecule has 0 bridgehead atoms. The van der Waals surface area contributed by atoms with Gasteiger partial charge in [0, 0.05) is 26.2 Å². The predicted octanol–water partition coefficient (Wildman–Crippen LogP) is 4.01. The second kappa shape index (κ2) is 9.97. The summed E-state index contributed by atoms with van der Waals surface area (Å²) in [6.45, 7) is 2.01. The van der Waals surface area contributed by atoms with E-state index in [0.717, 1.165) is 15.6 Å². The minimum absolute atomic E-state index is 0.0689. The van der Waals surface area contributed by atoms with Crippen molar-refractivity contribution in [2.45, 2.75) is 16.7 Å². The third-order valence-corrected chi connectivity index (χ3v) is 10.1. The van der Waals surface area contributed by atoms with Gasteiger partial charge in [0.15, 0.2) is 5.13 Å². The van der Waals surface area contributed by atoms with E-state index in [9.17, 15) is 21.6 Å². The summed E-state index contributed by atoms with van der Waals surface area (Å²) in [5, 5.41) is 2.99. The van der Waals surface area contributed by atoms with Gasteiger partial charge in [-0.05, 0) is 61.5 Å². The number of hydrogen-bond acceptors (Lipinski definition) is 7. The highest BCUT2D eigenvalue weighted by Gasteiger charge is 2.24. The molecule has 1 heterocycles. The Labute approximate surface area is 214 Å². The number of carbonyl (C=O) groups is 1. The maximum absolute atomic E-state index is 13.1. The summed E-state index contributed by atoms with van der Waals surface area (Å²) >= 11 is 1.15. The molecule has 0 aliphatic carbocycles. The maximum atomic E-state index is 13.1. The Balaban J connectivity index is 1.54. The number of hydrogen-bond donors (Lipinski definition) is 1. The first kappa shape index (κ1) is 25.8. The SMILES string of the molecule is CCN(c1ccccc1)S(=O)(=O)c1ccc(C(=O)Nc2nc3ccc(S(=O)(=O)N(C)C)cc3s2)cc1. The fraction of sp³-hybridized carbons (Fsp3) is 0.167. The smallest absolute Gasteiger partial charge is 0.264 e. The fourth-order valence-electron chi connectivity index (χ4n) is 3.49. The number of para-hydroxylation sites is 1. The van der Waals surface area contributed by atoms with Crippen molar-refractivity contribution >= 4 is 58.3 Å². The van der Waals surface area contributed by atoms with Crippen molar-refractivity contribution in [3.8, 4) is 0 Å². The van der Waals surface area contributed by atoms with Gasteiger partial charge in [-0.25, -0.2) is 26.1 Å². The normalized spacial score (nSPS) is 12.1. The molecule has 0 atom stereocenters. The van der Waals surface area contributed by atoms with Crippen LogP contribution in [0.2, 0.25) is 0 Å². The summed E-state index contributed by atoms with van der Waals surface area (Å²) in [7, 11) is -4.49. The first-order chi connectivity index (χ1) is 17.0. The van der Waals surface area contributed by atoms with Gasteiger partial charge in [-0.15, -0.1) is 0 Å². The zero-order valence-corrected chi connectivity index (χ0v) is 22.2. The lowest BCUT2D eigenvalue weighted by atomic mass is 10.2. The van der Waals surface area contributed by atoms with Crippen LogP contribution in [0.3, 0.4) is 0 Å². The van der Waals surface area contributed by atoms with Crippen LogP contribution in [-0.2, 0) is 20.0 Å². The van der Waals surface area contributed by atoms with Gasteiger partial charge < -0.3 is 0 Å². The Morgan fingerprint density at radius 1 is 0.889 bits per heavy atom. The van der Waals surface area contributed by atoms with Gasteiger partial charge in [0.2, 0.25) is 10.0 Å². The standard InChI is InChI=1S/C24H24N4O5S3/c1-4-28(18-8-6-5-7-9-18)36(32,33)19-12-10-17(11-13-19)23(29)26-24-25-21-15-14-20(16-22(21)34-24)35(30,31)27(2)3/h5-16H,4H2,1-3H3,(H,25,26,29). The van der Waals surface area contributed by atoms with Crippen LogP contribution in [0.25, 0.3) is 10.2 Å². The average Bonchev–Trinajstić information content (AvgIpc) is 3.26. The first-order valence-corrected chi connectivity index (χ1v) is 14.6.